The lowest BCUT2D eigenvalue weighted by Crippen LogP contribution is -2.32. The number of fused-ring (bicyclic) bond motifs is 1. The Kier molecular flexibility index (Phi) is 2.17. The van der Waals surface area contributed by atoms with Crippen molar-refractivity contribution < 1.29 is 4.79 Å². The van der Waals surface area contributed by atoms with Gasteiger partial charge in [-0.2, -0.15) is 0 Å². The highest BCUT2D eigenvalue weighted by atomic mass is 32.1. The summed E-state index contributed by atoms with van der Waals surface area (Å²) in [5.41, 5.74) is 0.881. The van der Waals surface area contributed by atoms with Gasteiger partial charge in [0.25, 0.3) is 5.91 Å². The van der Waals surface area contributed by atoms with Crippen LogP contribution >= 0.6 is 12.2 Å². The second kappa shape index (κ2) is 3.56. The topological polar surface area (TPSA) is 23.6 Å². The summed E-state index contributed by atoms with van der Waals surface area (Å²) in [5.74, 6) is 0.133. The minimum absolute atomic E-state index is 0.00675. The first-order chi connectivity index (χ1) is 7.79. The van der Waals surface area contributed by atoms with Gasteiger partial charge in [-0.05, 0) is 37.2 Å². The van der Waals surface area contributed by atoms with Crippen molar-refractivity contribution in [1.29, 1.82) is 0 Å². The molecule has 2 heterocycles. The highest BCUT2D eigenvalue weighted by molar-refractivity contribution is 7.80. The van der Waals surface area contributed by atoms with Gasteiger partial charge in [-0.1, -0.05) is 18.2 Å². The monoisotopic (exact) mass is 232 g/mol. The van der Waals surface area contributed by atoms with Gasteiger partial charge in [0.15, 0.2) is 5.11 Å². The Morgan fingerprint density at radius 2 is 2.00 bits per heavy atom. The summed E-state index contributed by atoms with van der Waals surface area (Å²) in [6.07, 6.45) is 2.00. The average Bonchev–Trinajstić information content (AvgIpc) is 2.86. The van der Waals surface area contributed by atoms with Gasteiger partial charge in [0.05, 0.1) is 5.69 Å². The third-order valence-electron chi connectivity index (χ3n) is 3.21. The first-order valence-electron chi connectivity index (χ1n) is 5.48. The first kappa shape index (κ1) is 9.78. The van der Waals surface area contributed by atoms with Crippen LogP contribution in [0.15, 0.2) is 30.3 Å². The molecule has 0 radical (unpaired) electrons. The van der Waals surface area contributed by atoms with E-state index >= 15 is 0 Å². The van der Waals surface area contributed by atoms with Crippen molar-refractivity contribution in [1.82, 2.24) is 4.90 Å². The number of rotatable bonds is 1. The van der Waals surface area contributed by atoms with Crippen LogP contribution in [-0.2, 0) is 4.79 Å². The molecule has 0 aliphatic carbocycles. The van der Waals surface area contributed by atoms with Crippen molar-refractivity contribution in [3.05, 3.63) is 30.3 Å². The van der Waals surface area contributed by atoms with Crippen molar-refractivity contribution in [3.8, 4) is 0 Å². The summed E-state index contributed by atoms with van der Waals surface area (Å²) in [5, 5.41) is 0.665. The maximum absolute atomic E-state index is 12.2. The Morgan fingerprint density at radius 1 is 1.25 bits per heavy atom. The first-order valence-corrected chi connectivity index (χ1v) is 5.89. The van der Waals surface area contributed by atoms with Crippen LogP contribution in [0.3, 0.4) is 0 Å². The van der Waals surface area contributed by atoms with Crippen LogP contribution in [0.4, 0.5) is 5.69 Å². The molecule has 3 rings (SSSR count). The molecule has 0 spiro atoms. The molecule has 82 valence electrons. The van der Waals surface area contributed by atoms with Crippen molar-refractivity contribution in [2.75, 3.05) is 11.4 Å². The van der Waals surface area contributed by atoms with E-state index in [9.17, 15) is 4.79 Å². The van der Waals surface area contributed by atoms with E-state index in [-0.39, 0.29) is 11.9 Å². The minimum atomic E-state index is -0.00675. The number of hydrogen-bond donors (Lipinski definition) is 0. The van der Waals surface area contributed by atoms with Crippen molar-refractivity contribution in [2.24, 2.45) is 0 Å². The summed E-state index contributed by atoms with van der Waals surface area (Å²) in [7, 11) is 0. The predicted octanol–water partition coefficient (Wildman–Crippen LogP) is 1.78. The normalized spacial score (nSPS) is 24.1. The van der Waals surface area contributed by atoms with E-state index in [1.165, 1.54) is 0 Å². The molecule has 2 fully saturated rings. The Bertz CT molecular complexity index is 424. The van der Waals surface area contributed by atoms with E-state index in [4.69, 9.17) is 12.2 Å². The third-order valence-corrected chi connectivity index (χ3v) is 3.63. The summed E-state index contributed by atoms with van der Waals surface area (Å²) < 4.78 is 0. The Labute approximate surface area is 99.6 Å². The van der Waals surface area contributed by atoms with E-state index in [0.29, 0.717) is 5.11 Å². The van der Waals surface area contributed by atoms with E-state index in [1.807, 2.05) is 35.2 Å². The van der Waals surface area contributed by atoms with Crippen molar-refractivity contribution in [2.45, 2.75) is 18.9 Å². The van der Waals surface area contributed by atoms with E-state index in [2.05, 4.69) is 0 Å². The largest absolute Gasteiger partial charge is 0.336 e. The molecule has 0 unspecified atom stereocenters. The highest BCUT2D eigenvalue weighted by Crippen LogP contribution is 2.31. The van der Waals surface area contributed by atoms with Crippen LogP contribution in [0.25, 0.3) is 0 Å². The molecule has 1 aromatic rings. The molecular formula is C12H12N2OS. The Hall–Kier alpha value is -1.42. The zero-order chi connectivity index (χ0) is 11.1. The Morgan fingerprint density at radius 3 is 2.69 bits per heavy atom. The number of carbonyl (C=O) groups is 1. The number of hydrogen-bond acceptors (Lipinski definition) is 2. The van der Waals surface area contributed by atoms with Gasteiger partial charge < -0.3 is 4.90 Å². The van der Waals surface area contributed by atoms with Crippen LogP contribution in [0, 0.1) is 0 Å². The quantitative estimate of drug-likeness (QED) is 0.690. The standard InChI is InChI=1S/C12H12N2OS/c15-11-10-7-4-8-13(10)12(16)14(11)9-5-2-1-3-6-9/h1-3,5-6,10H,4,7-8H2/t10-/m1/s1. The second-order valence-corrected chi connectivity index (χ2v) is 4.51. The van der Waals surface area contributed by atoms with Crippen LogP contribution in [0.1, 0.15) is 12.8 Å². The summed E-state index contributed by atoms with van der Waals surface area (Å²) in [4.78, 5) is 15.9. The van der Waals surface area contributed by atoms with E-state index < -0.39 is 0 Å². The fraction of sp³-hybridized carbons (Fsp3) is 0.333. The molecule has 2 saturated heterocycles. The number of benzene rings is 1. The van der Waals surface area contributed by atoms with Gasteiger partial charge in [0, 0.05) is 6.54 Å². The zero-order valence-electron chi connectivity index (χ0n) is 8.80. The lowest BCUT2D eigenvalue weighted by molar-refractivity contribution is -0.119. The third kappa shape index (κ3) is 1.26. The molecule has 4 heteroatoms. The van der Waals surface area contributed by atoms with Crippen LogP contribution in [0.5, 0.6) is 0 Å². The van der Waals surface area contributed by atoms with E-state index in [0.717, 1.165) is 25.1 Å². The summed E-state index contributed by atoms with van der Waals surface area (Å²) in [6, 6.07) is 9.63. The highest BCUT2D eigenvalue weighted by Gasteiger charge is 2.45. The molecule has 0 aromatic heterocycles. The van der Waals surface area contributed by atoms with Gasteiger partial charge >= 0.3 is 0 Å². The molecule has 0 saturated carbocycles. The molecule has 0 bridgehead atoms. The number of thiocarbonyl (C=S) groups is 1. The van der Waals surface area contributed by atoms with Crippen molar-refractivity contribution in [3.63, 3.8) is 0 Å². The summed E-state index contributed by atoms with van der Waals surface area (Å²) in [6.45, 7) is 0.915. The lowest BCUT2D eigenvalue weighted by atomic mass is 10.2. The molecule has 1 atom stereocenters. The average molecular weight is 232 g/mol. The second-order valence-electron chi connectivity index (χ2n) is 4.14. The van der Waals surface area contributed by atoms with Gasteiger partial charge in [0.1, 0.15) is 6.04 Å². The maximum Gasteiger partial charge on any atom is 0.256 e. The van der Waals surface area contributed by atoms with Crippen LogP contribution < -0.4 is 4.90 Å². The smallest absolute Gasteiger partial charge is 0.256 e. The number of para-hydroxylation sites is 1. The van der Waals surface area contributed by atoms with Gasteiger partial charge in [-0.3, -0.25) is 9.69 Å². The minimum Gasteiger partial charge on any atom is -0.336 e. The molecular weight excluding hydrogens is 220 g/mol. The van der Waals surface area contributed by atoms with Crippen LogP contribution in [0.2, 0.25) is 0 Å². The number of carbonyl (C=O) groups excluding carboxylic acids is 1. The predicted molar refractivity (Wildman–Crippen MR) is 66.3 cm³/mol. The summed E-state index contributed by atoms with van der Waals surface area (Å²) >= 11 is 5.37. The molecule has 1 aromatic carbocycles. The van der Waals surface area contributed by atoms with Crippen LogP contribution in [-0.4, -0.2) is 28.5 Å². The number of anilines is 1. The Balaban J connectivity index is 1.98. The maximum atomic E-state index is 12.2. The number of amides is 1. The fourth-order valence-corrected chi connectivity index (χ4v) is 2.85. The molecule has 1 amide bonds. The zero-order valence-corrected chi connectivity index (χ0v) is 9.61. The fourth-order valence-electron chi connectivity index (χ4n) is 2.44. The van der Waals surface area contributed by atoms with Gasteiger partial charge in [0.2, 0.25) is 0 Å². The molecule has 3 nitrogen and oxygen atoms in total. The van der Waals surface area contributed by atoms with E-state index in [1.54, 1.807) is 4.90 Å². The van der Waals surface area contributed by atoms with Crippen molar-refractivity contribution >= 4 is 28.9 Å². The van der Waals surface area contributed by atoms with Gasteiger partial charge in [-0.25, -0.2) is 0 Å². The van der Waals surface area contributed by atoms with Gasteiger partial charge in [-0.15, -0.1) is 0 Å². The number of nitrogens with zero attached hydrogens (tertiary/aromatic N) is 2. The molecule has 2 aliphatic heterocycles. The lowest BCUT2D eigenvalue weighted by Gasteiger charge is -2.18. The SMILES string of the molecule is O=C1[C@H]2CCCN2C(=S)N1c1ccccc1. The molecule has 16 heavy (non-hydrogen) atoms. The molecule has 2 aliphatic rings. The molecule has 0 N–H and O–H groups in total.